The summed E-state index contributed by atoms with van der Waals surface area (Å²) in [4.78, 5) is 4.57. The van der Waals surface area contributed by atoms with Crippen molar-refractivity contribution < 1.29 is 23.7 Å². The maximum Gasteiger partial charge on any atom is 0.203 e. The highest BCUT2D eigenvalue weighted by Crippen LogP contribution is 2.39. The molecule has 0 aliphatic heterocycles. The van der Waals surface area contributed by atoms with E-state index < -0.39 is 5.60 Å². The van der Waals surface area contributed by atoms with Gasteiger partial charge in [0.1, 0.15) is 17.1 Å². The molecule has 0 saturated carbocycles. The van der Waals surface area contributed by atoms with Gasteiger partial charge in [0.2, 0.25) is 5.75 Å². The first-order valence-corrected chi connectivity index (χ1v) is 10.4. The second-order valence-corrected chi connectivity index (χ2v) is 7.47. The number of hydrogen-bond acceptors (Lipinski definition) is 6. The van der Waals surface area contributed by atoms with Crippen LogP contribution in [0.15, 0.2) is 27.6 Å². The number of nitrogens with one attached hydrogen (secondary N) is 2. The number of benzene rings is 1. The van der Waals surface area contributed by atoms with Crippen LogP contribution in [-0.2, 0) is 12.0 Å². The fourth-order valence-electron chi connectivity index (χ4n) is 3.50. The topological polar surface area (TPSA) is 97.5 Å². The average molecular weight is 434 g/mol. The fraction of sp³-hybridized carbons (Fsp3) is 0.522. The molecule has 0 amide bonds. The van der Waals surface area contributed by atoms with Crippen molar-refractivity contribution in [3.05, 3.63) is 40.8 Å². The van der Waals surface area contributed by atoms with Crippen molar-refractivity contribution in [2.45, 2.75) is 39.7 Å². The van der Waals surface area contributed by atoms with E-state index in [2.05, 4.69) is 15.6 Å². The average Bonchev–Trinajstić information content (AvgIpc) is 3.10. The number of ether oxygens (including phenoxy) is 3. The molecule has 1 unspecified atom stereocenters. The number of aryl methyl sites for hydroxylation is 2. The number of furan rings is 1. The molecule has 3 N–H and O–H groups in total. The number of guanidine groups is 1. The van der Waals surface area contributed by atoms with Crippen LogP contribution in [0.3, 0.4) is 0 Å². The van der Waals surface area contributed by atoms with E-state index in [0.29, 0.717) is 48.5 Å². The summed E-state index contributed by atoms with van der Waals surface area (Å²) in [5.74, 6) is 3.95. The van der Waals surface area contributed by atoms with Crippen molar-refractivity contribution in [1.82, 2.24) is 10.6 Å². The largest absolute Gasteiger partial charge is 0.493 e. The van der Waals surface area contributed by atoms with Gasteiger partial charge in [-0.2, -0.15) is 0 Å². The van der Waals surface area contributed by atoms with Gasteiger partial charge in [-0.1, -0.05) is 6.07 Å². The number of aliphatic hydroxyl groups is 1. The van der Waals surface area contributed by atoms with Crippen LogP contribution in [0.4, 0.5) is 0 Å². The Labute approximate surface area is 184 Å². The zero-order valence-electron chi connectivity index (χ0n) is 19.6. The van der Waals surface area contributed by atoms with Crippen molar-refractivity contribution in [2.75, 3.05) is 41.0 Å². The Balaban J connectivity index is 2.08. The van der Waals surface area contributed by atoms with Gasteiger partial charge in [-0.15, -0.1) is 0 Å². The van der Waals surface area contributed by atoms with Gasteiger partial charge in [0, 0.05) is 24.2 Å². The number of aliphatic imine (C=N–C) groups is 1. The summed E-state index contributed by atoms with van der Waals surface area (Å²) in [5.41, 5.74) is 0.608. The summed E-state index contributed by atoms with van der Waals surface area (Å²) >= 11 is 0. The van der Waals surface area contributed by atoms with E-state index in [0.717, 1.165) is 16.9 Å². The summed E-state index contributed by atoms with van der Waals surface area (Å²) in [6.45, 7) is 8.97. The van der Waals surface area contributed by atoms with E-state index in [1.165, 1.54) is 0 Å². The highest BCUT2D eigenvalue weighted by atomic mass is 16.5. The number of hydrogen-bond donors (Lipinski definition) is 3. The third-order valence-corrected chi connectivity index (χ3v) is 4.98. The van der Waals surface area contributed by atoms with E-state index in [9.17, 15) is 5.11 Å². The monoisotopic (exact) mass is 433 g/mol. The molecule has 8 heteroatoms. The number of nitrogens with zero attached hydrogens (tertiary/aromatic N) is 1. The molecular weight excluding hydrogens is 398 g/mol. The Hall–Kier alpha value is -2.87. The summed E-state index contributed by atoms with van der Waals surface area (Å²) in [5, 5.41) is 17.4. The third kappa shape index (κ3) is 6.07. The van der Waals surface area contributed by atoms with E-state index in [1.807, 2.05) is 39.0 Å². The maximum absolute atomic E-state index is 10.9. The van der Waals surface area contributed by atoms with Crippen LogP contribution in [0.5, 0.6) is 17.2 Å². The van der Waals surface area contributed by atoms with E-state index in [1.54, 1.807) is 28.3 Å². The lowest BCUT2D eigenvalue weighted by molar-refractivity contribution is 0.0657. The minimum Gasteiger partial charge on any atom is -0.493 e. The van der Waals surface area contributed by atoms with Gasteiger partial charge in [-0.25, -0.2) is 4.99 Å². The Kier molecular flexibility index (Phi) is 8.62. The van der Waals surface area contributed by atoms with Gasteiger partial charge in [0.05, 0.1) is 27.9 Å². The van der Waals surface area contributed by atoms with Crippen molar-refractivity contribution in [2.24, 2.45) is 4.99 Å². The smallest absolute Gasteiger partial charge is 0.203 e. The molecule has 0 saturated heterocycles. The zero-order valence-corrected chi connectivity index (χ0v) is 19.6. The van der Waals surface area contributed by atoms with Gasteiger partial charge in [0.15, 0.2) is 17.5 Å². The highest BCUT2D eigenvalue weighted by molar-refractivity contribution is 5.79. The Morgan fingerprint density at radius 3 is 2.35 bits per heavy atom. The molecule has 0 spiro atoms. The standard InChI is InChI=1S/C23H35N3O5/c1-8-24-22(26-14-23(4,27)18-13-15(2)31-16(18)3)25-12-11-17-9-10-19(28-5)21(30-7)20(17)29-6/h9-10,13,27H,8,11-12,14H2,1-7H3,(H2,24,25,26). The number of rotatable bonds is 10. The molecule has 0 bridgehead atoms. The van der Waals surface area contributed by atoms with Gasteiger partial charge >= 0.3 is 0 Å². The maximum atomic E-state index is 10.9. The molecule has 2 rings (SSSR count). The summed E-state index contributed by atoms with van der Waals surface area (Å²) in [7, 11) is 4.80. The SMILES string of the molecule is CCNC(=NCC(C)(O)c1cc(C)oc1C)NCCc1ccc(OC)c(OC)c1OC. The molecule has 1 aromatic carbocycles. The molecule has 1 atom stereocenters. The highest BCUT2D eigenvalue weighted by Gasteiger charge is 2.27. The predicted octanol–water partition coefficient (Wildman–Crippen LogP) is 2.93. The van der Waals surface area contributed by atoms with Crippen molar-refractivity contribution in [1.29, 1.82) is 0 Å². The van der Waals surface area contributed by atoms with Crippen LogP contribution >= 0.6 is 0 Å². The first kappa shape index (κ1) is 24.4. The van der Waals surface area contributed by atoms with Crippen LogP contribution in [0.1, 0.15) is 36.5 Å². The summed E-state index contributed by atoms with van der Waals surface area (Å²) < 4.78 is 21.9. The van der Waals surface area contributed by atoms with Gasteiger partial charge in [-0.3, -0.25) is 0 Å². The second-order valence-electron chi connectivity index (χ2n) is 7.47. The third-order valence-electron chi connectivity index (χ3n) is 4.98. The van der Waals surface area contributed by atoms with E-state index in [4.69, 9.17) is 18.6 Å². The summed E-state index contributed by atoms with van der Waals surface area (Å²) in [6, 6.07) is 5.68. The second kappa shape index (κ2) is 10.9. The Bertz CT molecular complexity index is 890. The quantitative estimate of drug-likeness (QED) is 0.391. The molecule has 0 aliphatic rings. The van der Waals surface area contributed by atoms with Gasteiger partial charge in [-0.05, 0) is 46.2 Å². The van der Waals surface area contributed by atoms with Crippen LogP contribution < -0.4 is 24.8 Å². The molecule has 1 aromatic heterocycles. The molecule has 0 radical (unpaired) electrons. The Morgan fingerprint density at radius 2 is 1.81 bits per heavy atom. The lowest BCUT2D eigenvalue weighted by Gasteiger charge is -2.22. The van der Waals surface area contributed by atoms with Crippen molar-refractivity contribution in [3.8, 4) is 17.2 Å². The zero-order chi connectivity index (χ0) is 23.0. The molecule has 31 heavy (non-hydrogen) atoms. The molecule has 2 aromatic rings. The fourth-order valence-corrected chi connectivity index (χ4v) is 3.50. The predicted molar refractivity (Wildman–Crippen MR) is 122 cm³/mol. The Morgan fingerprint density at radius 1 is 1.10 bits per heavy atom. The van der Waals surface area contributed by atoms with Gasteiger partial charge in [0.25, 0.3) is 0 Å². The normalized spacial score (nSPS) is 13.5. The van der Waals surface area contributed by atoms with Crippen molar-refractivity contribution >= 4 is 5.96 Å². The molecule has 172 valence electrons. The lowest BCUT2D eigenvalue weighted by Crippen LogP contribution is -2.39. The van der Waals surface area contributed by atoms with Gasteiger partial charge < -0.3 is 34.4 Å². The van der Waals surface area contributed by atoms with E-state index in [-0.39, 0.29) is 6.54 Å². The molecule has 8 nitrogen and oxygen atoms in total. The van der Waals surface area contributed by atoms with Crippen LogP contribution in [0.25, 0.3) is 0 Å². The van der Waals surface area contributed by atoms with E-state index >= 15 is 0 Å². The first-order chi connectivity index (χ1) is 14.8. The van der Waals surface area contributed by atoms with Crippen LogP contribution in [0.2, 0.25) is 0 Å². The minimum absolute atomic E-state index is 0.196. The molecule has 1 heterocycles. The molecular formula is C23H35N3O5. The lowest BCUT2D eigenvalue weighted by atomic mass is 9.96. The molecule has 0 aliphatic carbocycles. The van der Waals surface area contributed by atoms with Crippen LogP contribution in [0, 0.1) is 13.8 Å². The minimum atomic E-state index is -1.13. The number of methoxy groups -OCH3 is 3. The first-order valence-electron chi connectivity index (χ1n) is 10.4. The van der Waals surface area contributed by atoms with Crippen LogP contribution in [-0.4, -0.2) is 52.0 Å². The molecule has 0 fully saturated rings. The summed E-state index contributed by atoms with van der Waals surface area (Å²) in [6.07, 6.45) is 0.685. The van der Waals surface area contributed by atoms with Crippen molar-refractivity contribution in [3.63, 3.8) is 0 Å².